The first-order valence-corrected chi connectivity index (χ1v) is 7.21. The van der Waals surface area contributed by atoms with Gasteiger partial charge in [0.2, 0.25) is 0 Å². The lowest BCUT2D eigenvalue weighted by Crippen LogP contribution is -2.42. The van der Waals surface area contributed by atoms with Gasteiger partial charge in [-0.2, -0.15) is 0 Å². The third-order valence-electron chi connectivity index (χ3n) is 5.01. The number of hydrogen-bond acceptors (Lipinski definition) is 5. The molecule has 1 aromatic heterocycles. The topological polar surface area (TPSA) is 59.2 Å². The number of carbonyl (C=O) groups is 1. The second-order valence-corrected chi connectivity index (χ2v) is 6.05. The van der Waals surface area contributed by atoms with Gasteiger partial charge in [0.25, 0.3) is 0 Å². The van der Waals surface area contributed by atoms with E-state index in [1.807, 2.05) is 12.1 Å². The number of hydrogen-bond donors (Lipinski definition) is 0. The lowest BCUT2D eigenvalue weighted by molar-refractivity contribution is 0.0767. The van der Waals surface area contributed by atoms with Crippen LogP contribution < -0.4 is 0 Å². The van der Waals surface area contributed by atoms with Crippen molar-refractivity contribution in [1.29, 1.82) is 0 Å². The van der Waals surface area contributed by atoms with E-state index in [9.17, 15) is 4.79 Å². The molecule has 3 heterocycles. The lowest BCUT2D eigenvalue weighted by Gasteiger charge is -2.35. The smallest absolute Gasteiger partial charge is 0.166 e. The van der Waals surface area contributed by atoms with Gasteiger partial charge in [0.05, 0.1) is 0 Å². The van der Waals surface area contributed by atoms with E-state index in [2.05, 4.69) is 26.9 Å². The first kappa shape index (κ1) is 12.0. The van der Waals surface area contributed by atoms with Gasteiger partial charge in [-0.1, -0.05) is 0 Å². The Morgan fingerprint density at radius 3 is 2.65 bits per heavy atom. The summed E-state index contributed by atoms with van der Waals surface area (Å²) in [7, 11) is 2.19. The number of benzene rings is 1. The Kier molecular flexibility index (Phi) is 2.63. The molecule has 0 saturated carbocycles. The van der Waals surface area contributed by atoms with Crippen molar-refractivity contribution < 1.29 is 9.42 Å². The molecule has 0 amide bonds. The fourth-order valence-corrected chi connectivity index (χ4v) is 3.80. The molecule has 2 aliphatic rings. The van der Waals surface area contributed by atoms with E-state index in [-0.39, 0.29) is 11.7 Å². The standard InChI is InChI=1S/C15H17N3O2/c1-18-11-3-4-12(18)7-10(6-11)15(19)9-2-5-13-14(8-9)17-20-16-13/h2,5,8,10-12H,3-4,6-7H2,1H3. The van der Waals surface area contributed by atoms with Crippen LogP contribution in [0.15, 0.2) is 22.8 Å². The van der Waals surface area contributed by atoms with Gasteiger partial charge in [-0.25, -0.2) is 4.63 Å². The molecule has 4 rings (SSSR count). The molecule has 2 aliphatic heterocycles. The van der Waals surface area contributed by atoms with Crippen molar-refractivity contribution in [3.63, 3.8) is 0 Å². The van der Waals surface area contributed by atoms with E-state index in [0.29, 0.717) is 23.1 Å². The van der Waals surface area contributed by atoms with Crippen LogP contribution >= 0.6 is 0 Å². The summed E-state index contributed by atoms with van der Waals surface area (Å²) < 4.78 is 4.69. The summed E-state index contributed by atoms with van der Waals surface area (Å²) in [6.07, 6.45) is 4.44. The molecule has 0 spiro atoms. The molecule has 2 fully saturated rings. The number of fused-ring (bicyclic) bond motifs is 3. The Bertz CT molecular complexity index is 652. The first-order valence-electron chi connectivity index (χ1n) is 7.21. The van der Waals surface area contributed by atoms with Gasteiger partial charge >= 0.3 is 0 Å². The molecule has 2 aromatic rings. The molecule has 0 aliphatic carbocycles. The predicted octanol–water partition coefficient (Wildman–Crippen LogP) is 2.28. The summed E-state index contributed by atoms with van der Waals surface area (Å²) in [5.74, 6) is 0.404. The molecule has 104 valence electrons. The number of nitrogens with zero attached hydrogens (tertiary/aromatic N) is 3. The summed E-state index contributed by atoms with van der Waals surface area (Å²) in [6, 6.07) is 6.62. The van der Waals surface area contributed by atoms with Crippen molar-refractivity contribution in [2.24, 2.45) is 5.92 Å². The maximum absolute atomic E-state index is 12.7. The molecule has 0 N–H and O–H groups in total. The van der Waals surface area contributed by atoms with Crippen molar-refractivity contribution in [2.75, 3.05) is 7.05 Å². The summed E-state index contributed by atoms with van der Waals surface area (Å²) in [5.41, 5.74) is 2.10. The highest BCUT2D eigenvalue weighted by Crippen LogP contribution is 2.38. The van der Waals surface area contributed by atoms with Gasteiger partial charge in [-0.05, 0) is 61.2 Å². The van der Waals surface area contributed by atoms with Crippen LogP contribution in [0.4, 0.5) is 0 Å². The van der Waals surface area contributed by atoms with Gasteiger partial charge in [0, 0.05) is 23.6 Å². The molecule has 2 saturated heterocycles. The van der Waals surface area contributed by atoms with Gasteiger partial charge in [-0.3, -0.25) is 4.79 Å². The minimum atomic E-state index is 0.154. The number of rotatable bonds is 2. The normalized spacial score (nSPS) is 29.9. The van der Waals surface area contributed by atoms with E-state index < -0.39 is 0 Å². The molecule has 20 heavy (non-hydrogen) atoms. The number of Topliss-reactive ketones (excluding diaryl/α,β-unsaturated/α-hetero) is 1. The highest BCUT2D eigenvalue weighted by atomic mass is 16.6. The highest BCUT2D eigenvalue weighted by molar-refractivity contribution is 6.00. The average Bonchev–Trinajstić information content (AvgIpc) is 2.98. The van der Waals surface area contributed by atoms with E-state index in [1.165, 1.54) is 12.8 Å². The third-order valence-corrected chi connectivity index (χ3v) is 5.01. The number of piperidine rings is 1. The number of aromatic nitrogens is 2. The molecule has 5 nitrogen and oxygen atoms in total. The molecule has 1 aromatic carbocycles. The SMILES string of the molecule is CN1C2CCC1CC(C(=O)c1ccc3nonc3c1)C2. The summed E-state index contributed by atoms with van der Waals surface area (Å²) in [5, 5.41) is 7.59. The number of carbonyl (C=O) groups excluding carboxylic acids is 1. The van der Waals surface area contributed by atoms with Gasteiger partial charge < -0.3 is 4.90 Å². The second kappa shape index (κ2) is 4.38. The fourth-order valence-electron chi connectivity index (χ4n) is 3.80. The van der Waals surface area contributed by atoms with Crippen LogP contribution in [-0.2, 0) is 0 Å². The average molecular weight is 271 g/mol. The van der Waals surface area contributed by atoms with Crippen molar-refractivity contribution >= 4 is 16.8 Å². The van der Waals surface area contributed by atoms with Gasteiger partial charge in [0.1, 0.15) is 11.0 Å². The Labute approximate surface area is 116 Å². The predicted molar refractivity (Wildman–Crippen MR) is 73.4 cm³/mol. The van der Waals surface area contributed by atoms with Gasteiger partial charge in [-0.15, -0.1) is 0 Å². The molecule has 2 atom stereocenters. The zero-order valence-electron chi connectivity index (χ0n) is 11.5. The second-order valence-electron chi connectivity index (χ2n) is 6.05. The Morgan fingerprint density at radius 2 is 1.90 bits per heavy atom. The van der Waals surface area contributed by atoms with E-state index in [0.717, 1.165) is 18.4 Å². The molecule has 5 heteroatoms. The summed E-state index contributed by atoms with van der Waals surface area (Å²) >= 11 is 0. The highest BCUT2D eigenvalue weighted by Gasteiger charge is 2.40. The summed E-state index contributed by atoms with van der Waals surface area (Å²) in [6.45, 7) is 0. The maximum Gasteiger partial charge on any atom is 0.166 e. The Morgan fingerprint density at radius 1 is 1.20 bits per heavy atom. The van der Waals surface area contributed by atoms with Crippen molar-refractivity contribution in [2.45, 2.75) is 37.8 Å². The monoisotopic (exact) mass is 271 g/mol. The van der Waals surface area contributed by atoms with Crippen molar-refractivity contribution in [1.82, 2.24) is 15.2 Å². The number of ketones is 1. The van der Waals surface area contributed by atoms with E-state index in [1.54, 1.807) is 6.07 Å². The fraction of sp³-hybridized carbons (Fsp3) is 0.533. The zero-order chi connectivity index (χ0) is 13.7. The van der Waals surface area contributed by atoms with Crippen LogP contribution in [-0.4, -0.2) is 40.1 Å². The molecule has 2 bridgehead atoms. The molecule has 2 unspecified atom stereocenters. The van der Waals surface area contributed by atoms with Crippen molar-refractivity contribution in [3.8, 4) is 0 Å². The minimum Gasteiger partial charge on any atom is -0.300 e. The quantitative estimate of drug-likeness (QED) is 0.784. The Hall–Kier alpha value is -1.75. The lowest BCUT2D eigenvalue weighted by atomic mass is 9.85. The maximum atomic E-state index is 12.7. The molecular formula is C15H17N3O2. The molecule has 0 radical (unpaired) electrons. The van der Waals surface area contributed by atoms with E-state index >= 15 is 0 Å². The van der Waals surface area contributed by atoms with Gasteiger partial charge in [0.15, 0.2) is 5.78 Å². The van der Waals surface area contributed by atoms with E-state index in [4.69, 9.17) is 0 Å². The molecular weight excluding hydrogens is 254 g/mol. The Balaban J connectivity index is 1.60. The minimum absolute atomic E-state index is 0.154. The van der Waals surface area contributed by atoms with Crippen LogP contribution in [0, 0.1) is 5.92 Å². The zero-order valence-corrected chi connectivity index (χ0v) is 11.5. The van der Waals surface area contributed by atoms with Crippen LogP contribution in [0.25, 0.3) is 11.0 Å². The van der Waals surface area contributed by atoms with Crippen LogP contribution in [0.2, 0.25) is 0 Å². The summed E-state index contributed by atoms with van der Waals surface area (Å²) in [4.78, 5) is 15.1. The van der Waals surface area contributed by atoms with Crippen LogP contribution in [0.1, 0.15) is 36.0 Å². The third kappa shape index (κ3) is 1.77. The van der Waals surface area contributed by atoms with Crippen LogP contribution in [0.5, 0.6) is 0 Å². The first-order chi connectivity index (χ1) is 9.72. The van der Waals surface area contributed by atoms with Crippen molar-refractivity contribution in [3.05, 3.63) is 23.8 Å². The van der Waals surface area contributed by atoms with Crippen LogP contribution in [0.3, 0.4) is 0 Å². The largest absolute Gasteiger partial charge is 0.300 e.